The van der Waals surface area contributed by atoms with E-state index in [1.807, 2.05) is 6.07 Å². The zero-order valence-electron chi connectivity index (χ0n) is 16.1. The number of hydrogen-bond acceptors (Lipinski definition) is 3. The molecule has 5 unspecified atom stereocenters. The lowest BCUT2D eigenvalue weighted by atomic mass is 9.55. The predicted molar refractivity (Wildman–Crippen MR) is 103 cm³/mol. The van der Waals surface area contributed by atoms with Gasteiger partial charge in [-0.05, 0) is 56.0 Å². The van der Waals surface area contributed by atoms with E-state index in [-0.39, 0.29) is 23.4 Å². The molecule has 0 amide bonds. The van der Waals surface area contributed by atoms with Gasteiger partial charge in [0.1, 0.15) is 6.10 Å². The fraction of sp³-hybridized carbons (Fsp3) is 0.609. The van der Waals surface area contributed by atoms with Gasteiger partial charge in [-0.1, -0.05) is 49.4 Å². The summed E-state index contributed by atoms with van der Waals surface area (Å²) in [5, 5.41) is 0. The Morgan fingerprint density at radius 3 is 2.85 bits per heavy atom. The molecule has 0 spiro atoms. The van der Waals surface area contributed by atoms with Gasteiger partial charge < -0.3 is 9.64 Å². The fourth-order valence-corrected chi connectivity index (χ4v) is 5.76. The lowest BCUT2D eigenvalue weighted by molar-refractivity contribution is -0.146. The van der Waals surface area contributed by atoms with Crippen molar-refractivity contribution in [1.82, 2.24) is 4.90 Å². The number of carbonyl (C=O) groups excluding carboxylic acids is 1. The molecule has 3 nitrogen and oxygen atoms in total. The summed E-state index contributed by atoms with van der Waals surface area (Å²) >= 11 is 0. The predicted octanol–water partition coefficient (Wildman–Crippen LogP) is 4.43. The molecule has 3 fully saturated rings. The van der Waals surface area contributed by atoms with Crippen molar-refractivity contribution in [3.8, 4) is 0 Å². The van der Waals surface area contributed by atoms with Crippen LogP contribution in [-0.2, 0) is 16.1 Å². The summed E-state index contributed by atoms with van der Waals surface area (Å²) in [5.74, 6) is 0.948. The highest BCUT2D eigenvalue weighted by Gasteiger charge is 2.55. The first-order valence-corrected chi connectivity index (χ1v) is 10.1. The van der Waals surface area contributed by atoms with Crippen molar-refractivity contribution in [3.05, 3.63) is 48.0 Å². The first kappa shape index (κ1) is 17.8. The number of fused-ring (bicyclic) bond motifs is 2. The van der Waals surface area contributed by atoms with Crippen LogP contribution < -0.4 is 0 Å². The molecule has 0 radical (unpaired) electrons. The number of rotatable bonds is 4. The number of benzene rings is 1. The lowest BCUT2D eigenvalue weighted by Gasteiger charge is -2.50. The normalized spacial score (nSPS) is 36.6. The average Bonchev–Trinajstić information content (AvgIpc) is 2.88. The summed E-state index contributed by atoms with van der Waals surface area (Å²) in [6.07, 6.45) is 5.85. The molecule has 1 saturated heterocycles. The highest BCUT2D eigenvalue weighted by molar-refractivity contribution is 5.75. The molecule has 140 valence electrons. The fourth-order valence-electron chi connectivity index (χ4n) is 5.76. The zero-order valence-corrected chi connectivity index (χ0v) is 16.1. The van der Waals surface area contributed by atoms with Crippen LogP contribution in [-0.4, -0.2) is 30.6 Å². The minimum absolute atomic E-state index is 0.00740. The highest BCUT2D eigenvalue weighted by Crippen LogP contribution is 2.56. The summed E-state index contributed by atoms with van der Waals surface area (Å²) < 4.78 is 5.88. The largest absolute Gasteiger partial charge is 0.462 e. The average molecular weight is 354 g/mol. The van der Waals surface area contributed by atoms with E-state index in [9.17, 15) is 4.79 Å². The Balaban J connectivity index is 1.46. The van der Waals surface area contributed by atoms with Crippen molar-refractivity contribution < 1.29 is 9.53 Å². The van der Waals surface area contributed by atoms with Crippen molar-refractivity contribution in [1.29, 1.82) is 0 Å². The summed E-state index contributed by atoms with van der Waals surface area (Å²) in [7, 11) is 2.11. The highest BCUT2D eigenvalue weighted by atomic mass is 16.6. The summed E-state index contributed by atoms with van der Waals surface area (Å²) in [6, 6.07) is 10.5. The Bertz CT molecular complexity index is 685. The first-order valence-electron chi connectivity index (χ1n) is 10.1. The second-order valence-electron chi connectivity index (χ2n) is 9.09. The van der Waals surface area contributed by atoms with Crippen LogP contribution in [0.2, 0.25) is 0 Å². The summed E-state index contributed by atoms with van der Waals surface area (Å²) in [4.78, 5) is 14.9. The van der Waals surface area contributed by atoms with E-state index in [1.54, 1.807) is 0 Å². The zero-order chi connectivity index (χ0) is 18.3. The molecular weight excluding hydrogens is 322 g/mol. The van der Waals surface area contributed by atoms with Crippen LogP contribution in [0.3, 0.4) is 0 Å². The van der Waals surface area contributed by atoms with E-state index >= 15 is 0 Å². The lowest BCUT2D eigenvalue weighted by Crippen LogP contribution is -2.45. The number of esters is 1. The van der Waals surface area contributed by atoms with Gasteiger partial charge in [0.05, 0.1) is 5.92 Å². The smallest absolute Gasteiger partial charge is 0.310 e. The van der Waals surface area contributed by atoms with Crippen molar-refractivity contribution in [2.75, 3.05) is 13.6 Å². The van der Waals surface area contributed by atoms with Crippen LogP contribution in [0.15, 0.2) is 42.5 Å². The van der Waals surface area contributed by atoms with E-state index in [0.717, 1.165) is 32.4 Å². The van der Waals surface area contributed by atoms with E-state index in [4.69, 9.17) is 4.74 Å². The number of ether oxygens (including phenoxy) is 1. The van der Waals surface area contributed by atoms with Gasteiger partial charge in [0, 0.05) is 19.0 Å². The second-order valence-corrected chi connectivity index (χ2v) is 9.09. The van der Waals surface area contributed by atoms with Gasteiger partial charge in [-0.15, -0.1) is 0 Å². The molecule has 0 bridgehead atoms. The van der Waals surface area contributed by atoms with Gasteiger partial charge >= 0.3 is 5.97 Å². The van der Waals surface area contributed by atoms with Gasteiger partial charge in [-0.25, -0.2) is 0 Å². The topological polar surface area (TPSA) is 29.5 Å². The molecule has 0 N–H and O–H groups in total. The van der Waals surface area contributed by atoms with Crippen LogP contribution in [0, 0.1) is 23.2 Å². The van der Waals surface area contributed by atoms with Gasteiger partial charge in [0.25, 0.3) is 0 Å². The Morgan fingerprint density at radius 1 is 1.31 bits per heavy atom. The molecule has 26 heavy (non-hydrogen) atoms. The van der Waals surface area contributed by atoms with Gasteiger partial charge in [0.15, 0.2) is 0 Å². The standard InChI is InChI=1S/C23H31NO2/c1-16-8-7-11-23(2)13-21-18(12-20(16)23)19(22(25)26-21)15-24(3)14-17-9-5-4-6-10-17/h4-6,9-10,18-21H,1,7-8,11-15H2,2-3H3. The molecule has 2 saturated carbocycles. The van der Waals surface area contributed by atoms with Crippen LogP contribution in [0.4, 0.5) is 0 Å². The maximum absolute atomic E-state index is 12.6. The molecular formula is C23H31NO2. The first-order chi connectivity index (χ1) is 12.5. The Labute approximate surface area is 157 Å². The molecule has 3 heteroatoms. The van der Waals surface area contributed by atoms with Gasteiger partial charge in [0.2, 0.25) is 0 Å². The Kier molecular flexibility index (Phi) is 4.68. The van der Waals surface area contributed by atoms with Crippen LogP contribution >= 0.6 is 0 Å². The molecule has 0 aromatic heterocycles. The van der Waals surface area contributed by atoms with Crippen molar-refractivity contribution in [2.45, 2.75) is 51.7 Å². The molecule has 1 aromatic rings. The van der Waals surface area contributed by atoms with Crippen molar-refractivity contribution >= 4 is 5.97 Å². The Hall–Kier alpha value is -1.61. The SMILES string of the molecule is C=C1CCCC2(C)CC3OC(=O)C(CN(C)Cc4ccccc4)C3CC12. The third-order valence-electron chi connectivity index (χ3n) is 7.12. The number of carbonyl (C=O) groups is 1. The van der Waals surface area contributed by atoms with Gasteiger partial charge in [-0.2, -0.15) is 0 Å². The number of hydrogen-bond donors (Lipinski definition) is 0. The minimum atomic E-state index is 0.00740. The van der Waals surface area contributed by atoms with Crippen LogP contribution in [0.5, 0.6) is 0 Å². The maximum Gasteiger partial charge on any atom is 0.310 e. The monoisotopic (exact) mass is 353 g/mol. The quantitative estimate of drug-likeness (QED) is 0.592. The second kappa shape index (κ2) is 6.84. The van der Waals surface area contributed by atoms with Crippen molar-refractivity contribution in [3.63, 3.8) is 0 Å². The molecule has 1 aromatic carbocycles. The van der Waals surface area contributed by atoms with E-state index in [2.05, 4.69) is 49.7 Å². The number of allylic oxidation sites excluding steroid dienone is 1. The molecule has 5 atom stereocenters. The molecule has 4 rings (SSSR count). The van der Waals surface area contributed by atoms with Crippen LogP contribution in [0.1, 0.15) is 44.6 Å². The molecule has 3 aliphatic rings. The minimum Gasteiger partial charge on any atom is -0.462 e. The molecule has 2 aliphatic carbocycles. The number of nitrogens with zero attached hydrogens (tertiary/aromatic N) is 1. The molecule has 1 aliphatic heterocycles. The summed E-state index contributed by atoms with van der Waals surface area (Å²) in [6.45, 7) is 8.43. The van der Waals surface area contributed by atoms with E-state index in [0.29, 0.717) is 11.8 Å². The van der Waals surface area contributed by atoms with E-state index < -0.39 is 0 Å². The third-order valence-corrected chi connectivity index (χ3v) is 7.12. The third kappa shape index (κ3) is 3.22. The maximum atomic E-state index is 12.6. The van der Waals surface area contributed by atoms with Crippen molar-refractivity contribution in [2.24, 2.45) is 23.2 Å². The van der Waals surface area contributed by atoms with Crippen LogP contribution in [0.25, 0.3) is 0 Å². The van der Waals surface area contributed by atoms with E-state index in [1.165, 1.54) is 24.0 Å². The van der Waals surface area contributed by atoms with Gasteiger partial charge in [-0.3, -0.25) is 4.79 Å². The summed E-state index contributed by atoms with van der Waals surface area (Å²) in [5.41, 5.74) is 2.98. The Morgan fingerprint density at radius 2 is 2.08 bits per heavy atom. The molecule has 1 heterocycles.